The van der Waals surface area contributed by atoms with Crippen LogP contribution in [0.25, 0.3) is 0 Å². The first-order valence-electron chi connectivity index (χ1n) is 8.39. The number of thiocarbonyl (C=S) groups is 1. The van der Waals surface area contributed by atoms with Crippen LogP contribution < -0.4 is 5.32 Å². The van der Waals surface area contributed by atoms with Gasteiger partial charge < -0.3 is 10.2 Å². The van der Waals surface area contributed by atoms with Crippen molar-refractivity contribution in [2.24, 2.45) is 0 Å². The number of benzene rings is 2. The number of non-ortho nitro benzene ring substituents is 1. The van der Waals surface area contributed by atoms with Gasteiger partial charge in [0.15, 0.2) is 5.11 Å². The maximum Gasteiger partial charge on any atom is 0.271 e. The number of rotatable bonds is 4. The van der Waals surface area contributed by atoms with Gasteiger partial charge >= 0.3 is 0 Å². The summed E-state index contributed by atoms with van der Waals surface area (Å²) in [5.74, 6) is 0. The van der Waals surface area contributed by atoms with Crippen LogP contribution in [0.4, 0.5) is 11.4 Å². The Bertz CT molecular complexity index is 837. The van der Waals surface area contributed by atoms with Crippen LogP contribution in [0.5, 0.6) is 0 Å². The molecule has 27 heavy (non-hydrogen) atoms. The van der Waals surface area contributed by atoms with Crippen molar-refractivity contribution < 1.29 is 4.92 Å². The number of nitrogens with one attached hydrogen (secondary N) is 1. The zero-order valence-electron chi connectivity index (χ0n) is 14.4. The van der Waals surface area contributed by atoms with E-state index in [1.807, 2.05) is 18.2 Å². The van der Waals surface area contributed by atoms with Crippen LogP contribution in [-0.2, 0) is 6.54 Å². The first kappa shape index (κ1) is 19.8. The van der Waals surface area contributed by atoms with Gasteiger partial charge in [-0.1, -0.05) is 35.3 Å². The monoisotopic (exact) mass is 424 g/mol. The molecule has 0 aromatic heterocycles. The van der Waals surface area contributed by atoms with E-state index < -0.39 is 4.92 Å². The topological polar surface area (TPSA) is 61.7 Å². The van der Waals surface area contributed by atoms with Crippen LogP contribution >= 0.6 is 35.4 Å². The van der Waals surface area contributed by atoms with Gasteiger partial charge in [0.05, 0.1) is 4.92 Å². The maximum absolute atomic E-state index is 10.9. The lowest BCUT2D eigenvalue weighted by atomic mass is 10.2. The lowest BCUT2D eigenvalue weighted by Gasteiger charge is -2.36. The minimum Gasteiger partial charge on any atom is -0.346 e. The molecule has 6 nitrogen and oxygen atoms in total. The number of hydrogen-bond donors (Lipinski definition) is 1. The summed E-state index contributed by atoms with van der Waals surface area (Å²) in [4.78, 5) is 14.8. The Labute approximate surface area is 172 Å². The van der Waals surface area contributed by atoms with Crippen LogP contribution in [0.2, 0.25) is 10.0 Å². The largest absolute Gasteiger partial charge is 0.346 e. The third-order valence-corrected chi connectivity index (χ3v) is 5.48. The third-order valence-electron chi connectivity index (χ3n) is 4.41. The third kappa shape index (κ3) is 5.07. The molecule has 1 N–H and O–H groups in total. The molecule has 0 atom stereocenters. The Kier molecular flexibility index (Phi) is 6.49. The Morgan fingerprint density at radius 1 is 1.11 bits per heavy atom. The molecule has 0 spiro atoms. The van der Waals surface area contributed by atoms with Crippen LogP contribution in [0.15, 0.2) is 42.5 Å². The van der Waals surface area contributed by atoms with E-state index in [0.29, 0.717) is 27.4 Å². The van der Waals surface area contributed by atoms with E-state index in [-0.39, 0.29) is 5.69 Å². The van der Waals surface area contributed by atoms with E-state index in [4.69, 9.17) is 35.4 Å². The second-order valence-corrected chi connectivity index (χ2v) is 7.40. The number of nitro benzene ring substituents is 1. The highest BCUT2D eigenvalue weighted by Crippen LogP contribution is 2.26. The first-order valence-corrected chi connectivity index (χ1v) is 9.56. The van der Waals surface area contributed by atoms with Crippen LogP contribution in [0.1, 0.15) is 5.56 Å². The molecule has 0 unspecified atom stereocenters. The van der Waals surface area contributed by atoms with Gasteiger partial charge in [0.1, 0.15) is 0 Å². The minimum atomic E-state index is -0.424. The van der Waals surface area contributed by atoms with Gasteiger partial charge in [0, 0.05) is 66.2 Å². The summed E-state index contributed by atoms with van der Waals surface area (Å²) in [6.45, 7) is 3.83. The van der Waals surface area contributed by atoms with E-state index >= 15 is 0 Å². The Hall–Kier alpha value is -1.93. The second-order valence-electron chi connectivity index (χ2n) is 6.20. The zero-order chi connectivity index (χ0) is 19.4. The van der Waals surface area contributed by atoms with E-state index in [0.717, 1.165) is 31.7 Å². The smallest absolute Gasteiger partial charge is 0.271 e. The fourth-order valence-corrected chi connectivity index (χ4v) is 3.73. The van der Waals surface area contributed by atoms with Crippen LogP contribution in [-0.4, -0.2) is 46.0 Å². The van der Waals surface area contributed by atoms with Crippen molar-refractivity contribution in [3.05, 3.63) is 68.2 Å². The Balaban J connectivity index is 1.55. The van der Waals surface area contributed by atoms with Crippen LogP contribution in [0.3, 0.4) is 0 Å². The summed E-state index contributed by atoms with van der Waals surface area (Å²) < 4.78 is 0. The molecule has 1 fully saturated rings. The number of anilines is 1. The highest BCUT2D eigenvalue weighted by atomic mass is 35.5. The number of nitrogens with zero attached hydrogens (tertiary/aromatic N) is 3. The van der Waals surface area contributed by atoms with Gasteiger partial charge in [-0.25, -0.2) is 0 Å². The molecule has 1 aliphatic heterocycles. The lowest BCUT2D eigenvalue weighted by molar-refractivity contribution is -0.384. The SMILES string of the molecule is O=[N+]([O-])c1cccc(NC(=S)N2CCN(Cc3c(Cl)cccc3Cl)CC2)c1. The summed E-state index contributed by atoms with van der Waals surface area (Å²) in [5.41, 5.74) is 1.58. The first-order chi connectivity index (χ1) is 12.9. The van der Waals surface area contributed by atoms with Crippen molar-refractivity contribution in [3.8, 4) is 0 Å². The molecular formula is C18H18Cl2N4O2S. The molecule has 0 saturated carbocycles. The standard InChI is InChI=1S/C18H18Cl2N4O2S/c19-16-5-2-6-17(20)15(16)12-22-7-9-23(10-8-22)18(27)21-13-3-1-4-14(11-13)24(25)26/h1-6,11H,7-10,12H2,(H,21,27). The predicted molar refractivity (Wildman–Crippen MR) is 113 cm³/mol. The molecule has 1 heterocycles. The van der Waals surface area contributed by atoms with Gasteiger partial charge in [-0.2, -0.15) is 0 Å². The summed E-state index contributed by atoms with van der Waals surface area (Å²) in [5, 5.41) is 15.9. The highest BCUT2D eigenvalue weighted by Gasteiger charge is 2.21. The molecule has 0 amide bonds. The van der Waals surface area contributed by atoms with Crippen molar-refractivity contribution in [1.82, 2.24) is 9.80 Å². The average molecular weight is 425 g/mol. The van der Waals surface area contributed by atoms with E-state index in [2.05, 4.69) is 15.1 Å². The number of nitro groups is 1. The van der Waals surface area contributed by atoms with Crippen molar-refractivity contribution in [1.29, 1.82) is 0 Å². The lowest BCUT2D eigenvalue weighted by Crippen LogP contribution is -2.49. The minimum absolute atomic E-state index is 0.0317. The quantitative estimate of drug-likeness (QED) is 0.445. The molecule has 0 bridgehead atoms. The number of halogens is 2. The Morgan fingerprint density at radius 2 is 1.74 bits per heavy atom. The molecule has 0 aliphatic carbocycles. The van der Waals surface area contributed by atoms with Gasteiger partial charge in [-0.15, -0.1) is 0 Å². The average Bonchev–Trinajstić information content (AvgIpc) is 2.65. The van der Waals surface area contributed by atoms with Crippen molar-refractivity contribution in [2.45, 2.75) is 6.54 Å². The molecule has 9 heteroatoms. The second kappa shape index (κ2) is 8.84. The van der Waals surface area contributed by atoms with Gasteiger partial charge in [-0.3, -0.25) is 15.0 Å². The van der Waals surface area contributed by atoms with E-state index in [1.54, 1.807) is 12.1 Å². The molecule has 1 saturated heterocycles. The number of piperazine rings is 1. The van der Waals surface area contributed by atoms with Crippen molar-refractivity contribution in [3.63, 3.8) is 0 Å². The molecule has 142 valence electrons. The summed E-state index contributed by atoms with van der Waals surface area (Å²) in [6, 6.07) is 11.8. The fraction of sp³-hybridized carbons (Fsp3) is 0.278. The molecule has 0 radical (unpaired) electrons. The van der Waals surface area contributed by atoms with E-state index in [1.165, 1.54) is 12.1 Å². The normalized spacial score (nSPS) is 14.8. The summed E-state index contributed by atoms with van der Waals surface area (Å²) in [6.07, 6.45) is 0. The zero-order valence-corrected chi connectivity index (χ0v) is 16.7. The molecular weight excluding hydrogens is 407 g/mol. The highest BCUT2D eigenvalue weighted by molar-refractivity contribution is 7.80. The summed E-state index contributed by atoms with van der Waals surface area (Å²) in [7, 11) is 0. The predicted octanol–water partition coefficient (Wildman–Crippen LogP) is 4.42. The van der Waals surface area contributed by atoms with Crippen molar-refractivity contribution >= 4 is 51.9 Å². The summed E-state index contributed by atoms with van der Waals surface area (Å²) >= 11 is 18.0. The Morgan fingerprint density at radius 3 is 2.37 bits per heavy atom. The number of hydrogen-bond acceptors (Lipinski definition) is 4. The fourth-order valence-electron chi connectivity index (χ4n) is 2.92. The molecule has 2 aromatic rings. The van der Waals surface area contributed by atoms with Gasteiger partial charge in [-0.05, 0) is 30.4 Å². The van der Waals surface area contributed by atoms with Gasteiger partial charge in [0.25, 0.3) is 5.69 Å². The van der Waals surface area contributed by atoms with E-state index in [9.17, 15) is 10.1 Å². The van der Waals surface area contributed by atoms with Crippen molar-refractivity contribution in [2.75, 3.05) is 31.5 Å². The molecule has 2 aromatic carbocycles. The maximum atomic E-state index is 10.9. The van der Waals surface area contributed by atoms with Crippen LogP contribution in [0, 0.1) is 10.1 Å². The molecule has 3 rings (SSSR count). The van der Waals surface area contributed by atoms with Gasteiger partial charge in [0.2, 0.25) is 0 Å². The molecule has 1 aliphatic rings.